The number of ether oxygens (including phenoxy) is 2. The van der Waals surface area contributed by atoms with E-state index in [1.165, 1.54) is 11.6 Å². The van der Waals surface area contributed by atoms with Crippen LogP contribution in [0.1, 0.15) is 43.9 Å². The third-order valence-electron chi connectivity index (χ3n) is 5.97. The molecule has 2 heterocycles. The smallest absolute Gasteiger partial charge is 0.306 e. The maximum atomic E-state index is 14.2. The molecule has 170 valence electrons. The van der Waals surface area contributed by atoms with Crippen LogP contribution in [0.5, 0.6) is 5.75 Å². The fraction of sp³-hybridized carbons (Fsp3) is 0.320. The number of benzene rings is 2. The van der Waals surface area contributed by atoms with Crippen molar-refractivity contribution in [1.82, 2.24) is 15.1 Å². The lowest BCUT2D eigenvalue weighted by atomic mass is 10.0. The van der Waals surface area contributed by atoms with Crippen molar-refractivity contribution >= 4 is 16.9 Å². The van der Waals surface area contributed by atoms with Crippen LogP contribution in [-0.2, 0) is 16.0 Å². The number of carbonyl (C=O) groups is 1. The highest BCUT2D eigenvalue weighted by Gasteiger charge is 2.29. The van der Waals surface area contributed by atoms with Crippen LogP contribution in [0.3, 0.4) is 0 Å². The maximum absolute atomic E-state index is 14.2. The Morgan fingerprint density at radius 1 is 1.18 bits per heavy atom. The van der Waals surface area contributed by atoms with Gasteiger partial charge in [0.05, 0.1) is 19.6 Å². The standard InChI is InChI=1S/C25H24FN3O4/c1-3-31-21-10-7-16(12-19(21)26)25-28-24(29-33-25)15-6-9-20-18(11-15)17-8-5-14(23(17)27-20)13-22(30)32-4-2/h6-7,9-12,14,27H,3-5,8,13H2,1-2H3. The van der Waals surface area contributed by atoms with Crippen molar-refractivity contribution in [2.24, 2.45) is 0 Å². The predicted molar refractivity (Wildman–Crippen MR) is 120 cm³/mol. The number of hydrogen-bond acceptors (Lipinski definition) is 6. The van der Waals surface area contributed by atoms with Gasteiger partial charge in [-0.15, -0.1) is 0 Å². The largest absolute Gasteiger partial charge is 0.491 e. The van der Waals surface area contributed by atoms with Crippen LogP contribution in [0.25, 0.3) is 33.7 Å². The number of esters is 1. The monoisotopic (exact) mass is 449 g/mol. The van der Waals surface area contributed by atoms with Gasteiger partial charge in [-0.2, -0.15) is 4.98 Å². The molecule has 0 aliphatic heterocycles. The second kappa shape index (κ2) is 8.69. The van der Waals surface area contributed by atoms with Gasteiger partial charge < -0.3 is 19.0 Å². The minimum atomic E-state index is -0.476. The van der Waals surface area contributed by atoms with E-state index in [0.717, 1.165) is 35.0 Å². The zero-order valence-corrected chi connectivity index (χ0v) is 18.5. The Labute approximate surface area is 189 Å². The number of nitrogens with zero attached hydrogens (tertiary/aromatic N) is 2. The Bertz CT molecular complexity index is 1330. The quantitative estimate of drug-likeness (QED) is 0.380. The average Bonchev–Trinajstić information content (AvgIpc) is 3.52. The summed E-state index contributed by atoms with van der Waals surface area (Å²) in [4.78, 5) is 19.9. The summed E-state index contributed by atoms with van der Waals surface area (Å²) in [6, 6.07) is 10.5. The highest BCUT2D eigenvalue weighted by atomic mass is 19.1. The molecule has 2 aromatic carbocycles. The molecule has 7 nitrogen and oxygen atoms in total. The van der Waals surface area contributed by atoms with Gasteiger partial charge in [-0.25, -0.2) is 4.39 Å². The first kappa shape index (κ1) is 21.2. The van der Waals surface area contributed by atoms with Crippen molar-refractivity contribution in [2.45, 2.75) is 39.0 Å². The fourth-order valence-electron chi connectivity index (χ4n) is 4.48. The molecule has 5 rings (SSSR count). The van der Waals surface area contributed by atoms with Gasteiger partial charge in [-0.05, 0) is 68.7 Å². The van der Waals surface area contributed by atoms with Crippen molar-refractivity contribution in [3.8, 4) is 28.6 Å². The zero-order valence-electron chi connectivity index (χ0n) is 18.5. The zero-order chi connectivity index (χ0) is 22.9. The lowest BCUT2D eigenvalue weighted by Gasteiger charge is -2.08. The molecule has 1 unspecified atom stereocenters. The van der Waals surface area contributed by atoms with E-state index in [4.69, 9.17) is 14.0 Å². The fourth-order valence-corrected chi connectivity index (χ4v) is 4.48. The van der Waals surface area contributed by atoms with Crippen molar-refractivity contribution in [1.29, 1.82) is 0 Å². The third-order valence-corrected chi connectivity index (χ3v) is 5.97. The summed E-state index contributed by atoms with van der Waals surface area (Å²) < 4.78 is 30.0. The van der Waals surface area contributed by atoms with E-state index < -0.39 is 5.82 Å². The van der Waals surface area contributed by atoms with Gasteiger partial charge in [0.1, 0.15) is 0 Å². The topological polar surface area (TPSA) is 90.2 Å². The second-order valence-corrected chi connectivity index (χ2v) is 8.02. The van der Waals surface area contributed by atoms with Gasteiger partial charge in [0.2, 0.25) is 5.82 Å². The molecule has 0 saturated heterocycles. The van der Waals surface area contributed by atoms with E-state index in [-0.39, 0.29) is 23.5 Å². The van der Waals surface area contributed by atoms with Crippen LogP contribution in [0.15, 0.2) is 40.9 Å². The highest BCUT2D eigenvalue weighted by molar-refractivity contribution is 5.89. The highest BCUT2D eigenvalue weighted by Crippen LogP contribution is 2.40. The molecule has 1 N–H and O–H groups in total. The van der Waals surface area contributed by atoms with Crippen molar-refractivity contribution in [3.63, 3.8) is 0 Å². The Morgan fingerprint density at radius 3 is 2.82 bits per heavy atom. The molecule has 4 aromatic rings. The minimum absolute atomic E-state index is 0.140. The van der Waals surface area contributed by atoms with E-state index in [1.807, 2.05) is 25.1 Å². The molecule has 0 radical (unpaired) electrons. The normalized spacial score (nSPS) is 15.1. The molecule has 0 fully saturated rings. The average molecular weight is 449 g/mol. The molecule has 0 amide bonds. The van der Waals surface area contributed by atoms with Gasteiger partial charge in [0.15, 0.2) is 11.6 Å². The summed E-state index contributed by atoms with van der Waals surface area (Å²) in [6.07, 6.45) is 2.19. The van der Waals surface area contributed by atoms with Gasteiger partial charge in [0, 0.05) is 33.6 Å². The Kier molecular flexibility index (Phi) is 5.58. The summed E-state index contributed by atoms with van der Waals surface area (Å²) >= 11 is 0. The number of aryl methyl sites for hydroxylation is 1. The first-order valence-corrected chi connectivity index (χ1v) is 11.1. The maximum Gasteiger partial charge on any atom is 0.306 e. The van der Waals surface area contributed by atoms with Crippen molar-refractivity contribution < 1.29 is 23.2 Å². The minimum Gasteiger partial charge on any atom is -0.491 e. The van der Waals surface area contributed by atoms with Gasteiger partial charge in [-0.1, -0.05) is 5.16 Å². The number of carbonyl (C=O) groups excluding carboxylic acids is 1. The number of nitrogens with one attached hydrogen (secondary N) is 1. The summed E-state index contributed by atoms with van der Waals surface area (Å²) in [7, 11) is 0. The number of halogens is 1. The molecule has 0 saturated carbocycles. The Hall–Kier alpha value is -3.68. The molecular formula is C25H24FN3O4. The first-order chi connectivity index (χ1) is 16.1. The number of rotatable bonds is 7. The number of aromatic amines is 1. The van der Waals surface area contributed by atoms with E-state index >= 15 is 0 Å². The first-order valence-electron chi connectivity index (χ1n) is 11.1. The van der Waals surface area contributed by atoms with Crippen LogP contribution in [0.4, 0.5) is 4.39 Å². The molecule has 1 aliphatic rings. The molecule has 8 heteroatoms. The van der Waals surface area contributed by atoms with Gasteiger partial charge in [0.25, 0.3) is 5.89 Å². The summed E-state index contributed by atoms with van der Waals surface area (Å²) in [5, 5.41) is 5.19. The molecular weight excluding hydrogens is 425 g/mol. The van der Waals surface area contributed by atoms with Crippen LogP contribution >= 0.6 is 0 Å². The summed E-state index contributed by atoms with van der Waals surface area (Å²) in [6.45, 7) is 4.40. The molecule has 0 spiro atoms. The van der Waals surface area contributed by atoms with E-state index in [1.54, 1.807) is 19.1 Å². The number of fused-ring (bicyclic) bond motifs is 3. The van der Waals surface area contributed by atoms with E-state index in [2.05, 4.69) is 15.1 Å². The van der Waals surface area contributed by atoms with Crippen LogP contribution in [0.2, 0.25) is 0 Å². The number of aromatic nitrogens is 3. The number of hydrogen-bond donors (Lipinski definition) is 1. The Morgan fingerprint density at radius 2 is 2.03 bits per heavy atom. The third kappa shape index (κ3) is 3.97. The predicted octanol–water partition coefficient (Wildman–Crippen LogP) is 5.41. The van der Waals surface area contributed by atoms with E-state index in [0.29, 0.717) is 31.0 Å². The lowest BCUT2D eigenvalue weighted by Crippen LogP contribution is -2.08. The van der Waals surface area contributed by atoms with Crippen LogP contribution in [-0.4, -0.2) is 34.3 Å². The summed E-state index contributed by atoms with van der Waals surface area (Å²) in [5.74, 6) is 0.351. The summed E-state index contributed by atoms with van der Waals surface area (Å²) in [5.41, 5.74) is 4.63. The van der Waals surface area contributed by atoms with Gasteiger partial charge >= 0.3 is 5.97 Å². The molecule has 1 aliphatic carbocycles. The van der Waals surface area contributed by atoms with Crippen molar-refractivity contribution in [2.75, 3.05) is 13.2 Å². The van der Waals surface area contributed by atoms with Crippen LogP contribution < -0.4 is 4.74 Å². The lowest BCUT2D eigenvalue weighted by molar-refractivity contribution is -0.143. The Balaban J connectivity index is 1.42. The molecule has 0 bridgehead atoms. The molecule has 33 heavy (non-hydrogen) atoms. The SMILES string of the molecule is CCOC(=O)CC1CCc2c1[nH]c1ccc(-c3noc(-c4ccc(OCC)c(F)c4)n3)cc21. The van der Waals surface area contributed by atoms with Gasteiger partial charge in [-0.3, -0.25) is 4.79 Å². The second-order valence-electron chi connectivity index (χ2n) is 8.02. The van der Waals surface area contributed by atoms with E-state index in [9.17, 15) is 9.18 Å². The molecule has 1 atom stereocenters. The number of H-pyrrole nitrogens is 1. The van der Waals surface area contributed by atoms with Crippen molar-refractivity contribution in [3.05, 3.63) is 53.5 Å². The van der Waals surface area contributed by atoms with Crippen LogP contribution in [0, 0.1) is 5.82 Å². The molecule has 2 aromatic heterocycles.